The van der Waals surface area contributed by atoms with Crippen LogP contribution in [0.3, 0.4) is 0 Å². The number of aliphatic hydroxyl groups is 1. The molecule has 1 fully saturated rings. The van der Waals surface area contributed by atoms with Crippen LogP contribution in [0, 0.1) is 0 Å². The fourth-order valence-electron chi connectivity index (χ4n) is 3.08. The smallest absolute Gasteiger partial charge is 0.338 e. The van der Waals surface area contributed by atoms with Crippen molar-refractivity contribution in [1.82, 2.24) is 0 Å². The molecule has 3 rings (SSSR count). The van der Waals surface area contributed by atoms with Crippen molar-refractivity contribution in [2.24, 2.45) is 0 Å². The molecule has 1 saturated heterocycles. The summed E-state index contributed by atoms with van der Waals surface area (Å²) in [7, 11) is 0. The quantitative estimate of drug-likeness (QED) is 0.566. The minimum atomic E-state index is -1.45. The molecule has 0 radical (unpaired) electrons. The second-order valence-corrected chi connectivity index (χ2v) is 6.78. The van der Waals surface area contributed by atoms with Crippen LogP contribution in [0.15, 0.2) is 60.7 Å². The minimum Gasteiger partial charge on any atom is -0.456 e. The largest absolute Gasteiger partial charge is 0.456 e. The third-order valence-electron chi connectivity index (χ3n) is 4.53. The molecular weight excluding hydrogens is 392 g/mol. The van der Waals surface area contributed by atoms with Crippen molar-refractivity contribution in [3.63, 3.8) is 0 Å². The van der Waals surface area contributed by atoms with E-state index in [1.54, 1.807) is 60.7 Å². The predicted octanol–water partition coefficient (Wildman–Crippen LogP) is 2.11. The van der Waals surface area contributed by atoms with Gasteiger partial charge in [0.15, 0.2) is 12.2 Å². The maximum atomic E-state index is 12.5. The number of carbonyl (C=O) groups is 3. The lowest BCUT2D eigenvalue weighted by atomic mass is 10.1. The van der Waals surface area contributed by atoms with Crippen molar-refractivity contribution in [2.45, 2.75) is 44.6 Å². The molecule has 1 heterocycles. The Labute approximate surface area is 173 Å². The first-order valence-electron chi connectivity index (χ1n) is 9.39. The molecule has 8 nitrogen and oxygen atoms in total. The van der Waals surface area contributed by atoms with Crippen LogP contribution in [0.25, 0.3) is 0 Å². The number of carbonyl (C=O) groups excluding carboxylic acids is 3. The molecule has 0 amide bonds. The van der Waals surface area contributed by atoms with E-state index in [0.717, 1.165) is 6.92 Å². The number of hydrogen-bond acceptors (Lipinski definition) is 8. The fourth-order valence-corrected chi connectivity index (χ4v) is 3.08. The second kappa shape index (κ2) is 9.51. The summed E-state index contributed by atoms with van der Waals surface area (Å²) in [6, 6.07) is 16.5. The van der Waals surface area contributed by atoms with Gasteiger partial charge in [-0.25, -0.2) is 9.59 Å². The number of rotatable bonds is 6. The highest BCUT2D eigenvalue weighted by Crippen LogP contribution is 2.29. The van der Waals surface area contributed by atoms with Crippen LogP contribution in [-0.2, 0) is 23.7 Å². The summed E-state index contributed by atoms with van der Waals surface area (Å²) in [6.45, 7) is 2.70. The Bertz CT molecular complexity index is 883. The summed E-state index contributed by atoms with van der Waals surface area (Å²) in [4.78, 5) is 36.2. The molecule has 30 heavy (non-hydrogen) atoms. The lowest BCUT2D eigenvalue weighted by Gasteiger charge is -2.25. The average Bonchev–Trinajstić information content (AvgIpc) is 3.04. The third-order valence-corrected chi connectivity index (χ3v) is 4.53. The fraction of sp³-hybridized carbons (Fsp3) is 0.318. The Kier molecular flexibility index (Phi) is 6.81. The van der Waals surface area contributed by atoms with Gasteiger partial charge in [0.05, 0.1) is 11.1 Å². The molecule has 0 saturated carbocycles. The molecule has 2 aromatic rings. The number of ether oxygens (including phenoxy) is 4. The lowest BCUT2D eigenvalue weighted by Crippen LogP contribution is -2.43. The maximum absolute atomic E-state index is 12.5. The number of aliphatic hydroxyl groups excluding tert-OH is 1. The summed E-state index contributed by atoms with van der Waals surface area (Å²) >= 11 is 0. The zero-order valence-corrected chi connectivity index (χ0v) is 16.5. The van der Waals surface area contributed by atoms with Gasteiger partial charge in [0.2, 0.25) is 6.29 Å². The van der Waals surface area contributed by atoms with Gasteiger partial charge in [0.25, 0.3) is 0 Å². The monoisotopic (exact) mass is 414 g/mol. The molecular formula is C22H22O8. The maximum Gasteiger partial charge on any atom is 0.338 e. The molecule has 1 unspecified atom stereocenters. The highest BCUT2D eigenvalue weighted by molar-refractivity contribution is 5.90. The van der Waals surface area contributed by atoms with Crippen LogP contribution in [0.5, 0.6) is 0 Å². The van der Waals surface area contributed by atoms with E-state index in [9.17, 15) is 19.5 Å². The molecule has 158 valence electrons. The third kappa shape index (κ3) is 5.03. The van der Waals surface area contributed by atoms with Gasteiger partial charge in [0.1, 0.15) is 12.2 Å². The average molecular weight is 414 g/mol. The lowest BCUT2D eigenvalue weighted by molar-refractivity contribution is -0.190. The van der Waals surface area contributed by atoms with E-state index in [-0.39, 0.29) is 5.56 Å². The zero-order valence-electron chi connectivity index (χ0n) is 16.5. The molecule has 5 atom stereocenters. The molecule has 1 N–H and O–H groups in total. The van der Waals surface area contributed by atoms with Crippen molar-refractivity contribution >= 4 is 17.9 Å². The van der Waals surface area contributed by atoms with E-state index in [4.69, 9.17) is 18.9 Å². The summed E-state index contributed by atoms with van der Waals surface area (Å²) in [5.74, 6) is -1.98. The highest BCUT2D eigenvalue weighted by Gasteiger charge is 2.51. The topological polar surface area (TPSA) is 108 Å². The van der Waals surface area contributed by atoms with E-state index in [2.05, 4.69) is 0 Å². The van der Waals surface area contributed by atoms with Crippen molar-refractivity contribution in [3.8, 4) is 0 Å². The molecule has 0 spiro atoms. The summed E-state index contributed by atoms with van der Waals surface area (Å²) in [5.41, 5.74) is 0.602. The van der Waals surface area contributed by atoms with E-state index in [1.165, 1.54) is 6.92 Å². The van der Waals surface area contributed by atoms with E-state index in [1.807, 2.05) is 0 Å². The first-order valence-corrected chi connectivity index (χ1v) is 9.39. The molecule has 1 aliphatic rings. The molecule has 1 aliphatic heterocycles. The van der Waals surface area contributed by atoms with Crippen LogP contribution in [-0.4, -0.2) is 53.7 Å². The number of esters is 3. The zero-order chi connectivity index (χ0) is 21.7. The van der Waals surface area contributed by atoms with Gasteiger partial charge in [-0.15, -0.1) is 0 Å². The van der Waals surface area contributed by atoms with Gasteiger partial charge in [-0.1, -0.05) is 36.4 Å². The van der Waals surface area contributed by atoms with Crippen LogP contribution in [0.2, 0.25) is 0 Å². The van der Waals surface area contributed by atoms with Crippen LogP contribution >= 0.6 is 0 Å². The second-order valence-electron chi connectivity index (χ2n) is 6.78. The van der Waals surface area contributed by atoms with Crippen molar-refractivity contribution in [1.29, 1.82) is 0 Å². The molecule has 8 heteroatoms. The molecule has 0 aromatic heterocycles. The van der Waals surface area contributed by atoms with E-state index in [0.29, 0.717) is 5.56 Å². The molecule has 0 aliphatic carbocycles. The van der Waals surface area contributed by atoms with Crippen LogP contribution < -0.4 is 0 Å². The summed E-state index contributed by atoms with van der Waals surface area (Å²) < 4.78 is 21.4. The standard InChI is InChI=1S/C22H22O8/c1-13(27-20(25)15-9-5-3-6-10-15)18-19(17(24)22(30-18)28-14(2)23)29-21(26)16-11-7-4-8-12-16/h3-13,17-19,22,24H,1-2H3/t13-,17-,18-,19+,22?/m1/s1. The Morgan fingerprint density at radius 2 is 1.43 bits per heavy atom. The number of hydrogen-bond donors (Lipinski definition) is 1. The van der Waals surface area contributed by atoms with Crippen LogP contribution in [0.1, 0.15) is 34.6 Å². The van der Waals surface area contributed by atoms with Crippen molar-refractivity contribution in [2.75, 3.05) is 0 Å². The van der Waals surface area contributed by atoms with Gasteiger partial charge < -0.3 is 24.1 Å². The Hall–Kier alpha value is -3.23. The SMILES string of the molecule is CC(=O)OC1O[C@H]([C@@H](C)OC(=O)c2ccccc2)[C@@H](OC(=O)c2ccccc2)[C@H]1O. The normalized spacial score (nSPS) is 24.0. The van der Waals surface area contributed by atoms with Crippen molar-refractivity contribution in [3.05, 3.63) is 71.8 Å². The predicted molar refractivity (Wildman–Crippen MR) is 103 cm³/mol. The number of benzene rings is 2. The van der Waals surface area contributed by atoms with Gasteiger partial charge in [-0.3, -0.25) is 4.79 Å². The minimum absolute atomic E-state index is 0.272. The van der Waals surface area contributed by atoms with E-state index >= 15 is 0 Å². The van der Waals surface area contributed by atoms with Crippen molar-refractivity contribution < 1.29 is 38.4 Å². The van der Waals surface area contributed by atoms with Gasteiger partial charge in [-0.2, -0.15) is 0 Å². The highest BCUT2D eigenvalue weighted by atomic mass is 16.7. The first-order chi connectivity index (χ1) is 14.4. The summed E-state index contributed by atoms with van der Waals surface area (Å²) in [6.07, 6.45) is -6.00. The Balaban J connectivity index is 1.76. The summed E-state index contributed by atoms with van der Waals surface area (Å²) in [5, 5.41) is 10.5. The molecule has 2 aromatic carbocycles. The van der Waals surface area contributed by atoms with Gasteiger partial charge in [0, 0.05) is 6.92 Å². The van der Waals surface area contributed by atoms with Gasteiger partial charge in [-0.05, 0) is 31.2 Å². The molecule has 0 bridgehead atoms. The van der Waals surface area contributed by atoms with Crippen LogP contribution in [0.4, 0.5) is 0 Å². The first kappa shape index (κ1) is 21.5. The van der Waals surface area contributed by atoms with E-state index < -0.39 is 48.6 Å². The van der Waals surface area contributed by atoms with Gasteiger partial charge >= 0.3 is 17.9 Å². The Morgan fingerprint density at radius 3 is 1.97 bits per heavy atom. The Morgan fingerprint density at radius 1 is 0.900 bits per heavy atom.